The molecule has 27 heavy (non-hydrogen) atoms. The third-order valence-corrected chi connectivity index (χ3v) is 5.29. The highest BCUT2D eigenvalue weighted by Gasteiger charge is 2.45. The quantitative estimate of drug-likeness (QED) is 0.609. The van der Waals surface area contributed by atoms with Gasteiger partial charge < -0.3 is 4.90 Å². The Balaban J connectivity index is 1.47. The molecule has 1 saturated carbocycles. The van der Waals surface area contributed by atoms with Crippen molar-refractivity contribution in [1.82, 2.24) is 4.90 Å². The third kappa shape index (κ3) is 3.77. The highest BCUT2D eigenvalue weighted by molar-refractivity contribution is 5.83. The summed E-state index contributed by atoms with van der Waals surface area (Å²) in [4.78, 5) is 14.7. The molecule has 0 heterocycles. The Bertz CT molecular complexity index is 936. The predicted molar refractivity (Wildman–Crippen MR) is 106 cm³/mol. The Morgan fingerprint density at radius 1 is 0.963 bits per heavy atom. The zero-order valence-corrected chi connectivity index (χ0v) is 15.3. The van der Waals surface area contributed by atoms with Crippen LogP contribution < -0.4 is 0 Å². The smallest absolute Gasteiger partial charge is 0.226 e. The van der Waals surface area contributed by atoms with Gasteiger partial charge in [-0.05, 0) is 46.7 Å². The molecule has 2 unspecified atom stereocenters. The highest BCUT2D eigenvalue weighted by atomic mass is 19.1. The van der Waals surface area contributed by atoms with E-state index >= 15 is 0 Å². The molecule has 4 rings (SSSR count). The molecule has 3 aromatic rings. The molecular weight excluding hydrogens is 337 g/mol. The van der Waals surface area contributed by atoms with Gasteiger partial charge in [0.25, 0.3) is 0 Å². The fraction of sp³-hybridized carbons (Fsp3) is 0.208. The minimum Gasteiger partial charge on any atom is -0.341 e. The van der Waals surface area contributed by atoms with Crippen LogP contribution in [0.1, 0.15) is 23.5 Å². The number of hydrogen-bond acceptors (Lipinski definition) is 1. The van der Waals surface area contributed by atoms with Crippen LogP contribution in [0.25, 0.3) is 11.1 Å². The van der Waals surface area contributed by atoms with Crippen molar-refractivity contribution in [3.8, 4) is 11.1 Å². The molecule has 3 heteroatoms. The maximum Gasteiger partial charge on any atom is 0.226 e. The van der Waals surface area contributed by atoms with Gasteiger partial charge in [0, 0.05) is 19.5 Å². The molecule has 1 aliphatic rings. The summed E-state index contributed by atoms with van der Waals surface area (Å²) in [7, 11) is 1.87. The summed E-state index contributed by atoms with van der Waals surface area (Å²) < 4.78 is 13.1. The summed E-state index contributed by atoms with van der Waals surface area (Å²) in [5.74, 6) is 0.137. The Kier molecular flexibility index (Phi) is 4.76. The van der Waals surface area contributed by atoms with E-state index < -0.39 is 0 Å². The standard InChI is InChI=1S/C24H22FNO/c1-26(24(27)23-15-22(23)18-11-13-20(25)14-12-18)16-19-9-5-6-10-21(19)17-7-3-2-4-8-17/h2-14,22-23H,15-16H2,1H3. The molecule has 1 fully saturated rings. The van der Waals surface area contributed by atoms with Crippen molar-refractivity contribution >= 4 is 5.91 Å². The average Bonchev–Trinajstić information content (AvgIpc) is 3.50. The lowest BCUT2D eigenvalue weighted by atomic mass is 9.99. The van der Waals surface area contributed by atoms with Gasteiger partial charge in [-0.3, -0.25) is 4.79 Å². The summed E-state index contributed by atoms with van der Waals surface area (Å²) in [6.45, 7) is 0.580. The van der Waals surface area contributed by atoms with E-state index in [2.05, 4.69) is 24.3 Å². The van der Waals surface area contributed by atoms with Gasteiger partial charge in [0.2, 0.25) is 5.91 Å². The van der Waals surface area contributed by atoms with Crippen LogP contribution in [0.15, 0.2) is 78.9 Å². The second-order valence-corrected chi connectivity index (χ2v) is 7.22. The van der Waals surface area contributed by atoms with Crippen LogP contribution in [-0.4, -0.2) is 17.9 Å². The maximum atomic E-state index is 13.1. The topological polar surface area (TPSA) is 20.3 Å². The van der Waals surface area contributed by atoms with Gasteiger partial charge in [0.1, 0.15) is 5.82 Å². The fourth-order valence-electron chi connectivity index (χ4n) is 3.72. The minimum absolute atomic E-state index is 0.00403. The Morgan fingerprint density at radius 3 is 2.37 bits per heavy atom. The largest absolute Gasteiger partial charge is 0.341 e. The van der Waals surface area contributed by atoms with E-state index in [0.717, 1.165) is 28.7 Å². The molecule has 3 aromatic carbocycles. The van der Waals surface area contributed by atoms with Gasteiger partial charge >= 0.3 is 0 Å². The van der Waals surface area contributed by atoms with Crippen LogP contribution in [0, 0.1) is 11.7 Å². The molecule has 0 aromatic heterocycles. The fourth-order valence-corrected chi connectivity index (χ4v) is 3.72. The van der Waals surface area contributed by atoms with Crippen molar-refractivity contribution in [3.05, 3.63) is 95.8 Å². The second-order valence-electron chi connectivity index (χ2n) is 7.22. The number of hydrogen-bond donors (Lipinski definition) is 0. The number of benzene rings is 3. The summed E-state index contributed by atoms with van der Waals surface area (Å²) in [6, 6.07) is 25.0. The maximum absolute atomic E-state index is 13.1. The zero-order valence-electron chi connectivity index (χ0n) is 15.3. The molecule has 0 N–H and O–H groups in total. The SMILES string of the molecule is CN(Cc1ccccc1-c1ccccc1)C(=O)C1CC1c1ccc(F)cc1. The predicted octanol–water partition coefficient (Wildman–Crippen LogP) is 5.25. The lowest BCUT2D eigenvalue weighted by Crippen LogP contribution is -2.28. The van der Waals surface area contributed by atoms with Gasteiger partial charge in [-0.15, -0.1) is 0 Å². The molecule has 0 radical (unpaired) electrons. The number of carbonyl (C=O) groups is 1. The summed E-state index contributed by atoms with van der Waals surface area (Å²) in [6.07, 6.45) is 0.842. The summed E-state index contributed by atoms with van der Waals surface area (Å²) >= 11 is 0. The van der Waals surface area contributed by atoms with Crippen LogP contribution >= 0.6 is 0 Å². The molecule has 136 valence electrons. The van der Waals surface area contributed by atoms with E-state index in [1.807, 2.05) is 42.3 Å². The molecular formula is C24H22FNO. The Hall–Kier alpha value is -2.94. The molecule has 1 aliphatic carbocycles. The number of carbonyl (C=O) groups excluding carboxylic acids is 1. The lowest BCUT2D eigenvalue weighted by molar-refractivity contribution is -0.131. The van der Waals surface area contributed by atoms with Crippen LogP contribution in [0.2, 0.25) is 0 Å². The van der Waals surface area contributed by atoms with Crippen molar-refractivity contribution in [3.63, 3.8) is 0 Å². The first-order valence-electron chi connectivity index (χ1n) is 9.27. The van der Waals surface area contributed by atoms with Gasteiger partial charge in [0.05, 0.1) is 0 Å². The van der Waals surface area contributed by atoms with Crippen LogP contribution in [0.5, 0.6) is 0 Å². The van der Waals surface area contributed by atoms with Crippen LogP contribution in [-0.2, 0) is 11.3 Å². The van der Waals surface area contributed by atoms with Gasteiger partial charge in [-0.1, -0.05) is 66.7 Å². The summed E-state index contributed by atoms with van der Waals surface area (Å²) in [5, 5.41) is 0. The van der Waals surface area contributed by atoms with Gasteiger partial charge in [-0.2, -0.15) is 0 Å². The van der Waals surface area contributed by atoms with Crippen molar-refractivity contribution in [2.75, 3.05) is 7.05 Å². The number of halogens is 1. The van der Waals surface area contributed by atoms with Crippen molar-refractivity contribution < 1.29 is 9.18 Å². The van der Waals surface area contributed by atoms with E-state index in [4.69, 9.17) is 0 Å². The third-order valence-electron chi connectivity index (χ3n) is 5.29. The molecule has 0 saturated heterocycles. The number of rotatable bonds is 5. The van der Waals surface area contributed by atoms with Gasteiger partial charge in [0.15, 0.2) is 0 Å². The summed E-state index contributed by atoms with van der Waals surface area (Å²) in [5.41, 5.74) is 4.50. The first kappa shape index (κ1) is 17.5. The number of nitrogens with zero attached hydrogens (tertiary/aromatic N) is 1. The Labute approximate surface area is 159 Å². The van der Waals surface area contributed by atoms with E-state index in [0.29, 0.717) is 6.54 Å². The Morgan fingerprint density at radius 2 is 1.63 bits per heavy atom. The highest BCUT2D eigenvalue weighted by Crippen LogP contribution is 2.48. The first-order valence-corrected chi connectivity index (χ1v) is 9.27. The lowest BCUT2D eigenvalue weighted by Gasteiger charge is -2.20. The molecule has 2 nitrogen and oxygen atoms in total. The van der Waals surface area contributed by atoms with E-state index in [-0.39, 0.29) is 23.6 Å². The van der Waals surface area contributed by atoms with Crippen LogP contribution in [0.3, 0.4) is 0 Å². The van der Waals surface area contributed by atoms with E-state index in [1.165, 1.54) is 12.1 Å². The van der Waals surface area contributed by atoms with E-state index in [9.17, 15) is 9.18 Å². The average molecular weight is 359 g/mol. The first-order chi connectivity index (χ1) is 13.1. The zero-order chi connectivity index (χ0) is 18.8. The van der Waals surface area contributed by atoms with Gasteiger partial charge in [-0.25, -0.2) is 4.39 Å². The monoisotopic (exact) mass is 359 g/mol. The second kappa shape index (κ2) is 7.36. The molecule has 0 bridgehead atoms. The van der Waals surface area contributed by atoms with Crippen molar-refractivity contribution in [2.45, 2.75) is 18.9 Å². The normalized spacial score (nSPS) is 18.1. The molecule has 2 atom stereocenters. The number of amides is 1. The molecule has 1 amide bonds. The van der Waals surface area contributed by atoms with Crippen molar-refractivity contribution in [2.24, 2.45) is 5.92 Å². The molecule has 0 spiro atoms. The van der Waals surface area contributed by atoms with Crippen LogP contribution in [0.4, 0.5) is 4.39 Å². The van der Waals surface area contributed by atoms with Crippen molar-refractivity contribution in [1.29, 1.82) is 0 Å². The van der Waals surface area contributed by atoms with E-state index in [1.54, 1.807) is 12.1 Å². The minimum atomic E-state index is -0.239. The molecule has 0 aliphatic heterocycles.